The Bertz CT molecular complexity index is 1230. The molecular formula is C26H20O4. The van der Waals surface area contributed by atoms with Crippen LogP contribution in [0.2, 0.25) is 0 Å². The Morgan fingerprint density at radius 2 is 1.23 bits per heavy atom. The lowest BCUT2D eigenvalue weighted by Gasteiger charge is -2.15. The lowest BCUT2D eigenvalue weighted by atomic mass is 10.0. The summed E-state index contributed by atoms with van der Waals surface area (Å²) in [6, 6.07) is 26.1. The van der Waals surface area contributed by atoms with E-state index in [4.69, 9.17) is 9.47 Å². The fraction of sp³-hybridized carbons (Fsp3) is 0.0769. The van der Waals surface area contributed by atoms with Gasteiger partial charge in [-0.2, -0.15) is 0 Å². The van der Waals surface area contributed by atoms with Gasteiger partial charge in [0, 0.05) is 0 Å². The zero-order valence-corrected chi connectivity index (χ0v) is 16.3. The van der Waals surface area contributed by atoms with Crippen LogP contribution in [0.15, 0.2) is 97.6 Å². The van der Waals surface area contributed by atoms with Crippen molar-refractivity contribution >= 4 is 33.5 Å². The van der Waals surface area contributed by atoms with Crippen LogP contribution in [0.4, 0.5) is 0 Å². The summed E-state index contributed by atoms with van der Waals surface area (Å²) in [5.74, 6) is -0.960. The van der Waals surface area contributed by atoms with Gasteiger partial charge < -0.3 is 9.47 Å². The highest BCUT2D eigenvalue weighted by Crippen LogP contribution is 2.21. The van der Waals surface area contributed by atoms with E-state index in [0.29, 0.717) is 11.1 Å². The summed E-state index contributed by atoms with van der Waals surface area (Å²) in [5.41, 5.74) is 0.927. The fourth-order valence-electron chi connectivity index (χ4n) is 3.39. The molecule has 0 spiro atoms. The highest BCUT2D eigenvalue weighted by atomic mass is 16.6. The number of hydrogen-bond acceptors (Lipinski definition) is 4. The topological polar surface area (TPSA) is 52.6 Å². The maximum absolute atomic E-state index is 12.7. The van der Waals surface area contributed by atoms with Gasteiger partial charge in [0.25, 0.3) is 0 Å². The third-order valence-electron chi connectivity index (χ3n) is 4.92. The predicted molar refractivity (Wildman–Crippen MR) is 118 cm³/mol. The van der Waals surface area contributed by atoms with E-state index in [9.17, 15) is 9.59 Å². The number of carbonyl (C=O) groups is 2. The second-order valence-electron chi connectivity index (χ2n) is 6.83. The molecule has 0 N–H and O–H groups in total. The SMILES string of the molecule is C=CC(COC(=O)c1cccc2ccccc12)OC(=O)c1cccc2ccccc12. The summed E-state index contributed by atoms with van der Waals surface area (Å²) >= 11 is 0. The molecule has 4 rings (SSSR count). The Hall–Kier alpha value is -3.92. The average Bonchev–Trinajstić information content (AvgIpc) is 2.80. The van der Waals surface area contributed by atoms with Crippen molar-refractivity contribution in [3.05, 3.63) is 109 Å². The van der Waals surface area contributed by atoms with Gasteiger partial charge in [0.2, 0.25) is 0 Å². The van der Waals surface area contributed by atoms with Crippen LogP contribution in [0, 0.1) is 0 Å². The van der Waals surface area contributed by atoms with Crippen LogP contribution >= 0.6 is 0 Å². The summed E-state index contributed by atoms with van der Waals surface area (Å²) in [6.45, 7) is 3.59. The summed E-state index contributed by atoms with van der Waals surface area (Å²) in [7, 11) is 0. The Morgan fingerprint density at radius 3 is 1.80 bits per heavy atom. The Labute approximate surface area is 174 Å². The summed E-state index contributed by atoms with van der Waals surface area (Å²) in [4.78, 5) is 25.3. The first-order chi connectivity index (χ1) is 14.7. The standard InChI is InChI=1S/C26H20O4/c1-2-20(30-26(28)24-16-8-12-19-10-4-6-14-22(19)24)17-29-25(27)23-15-7-11-18-9-3-5-13-21(18)23/h2-16,20H,1,17H2. The van der Waals surface area contributed by atoms with Crippen molar-refractivity contribution in [2.75, 3.05) is 6.61 Å². The van der Waals surface area contributed by atoms with E-state index in [-0.39, 0.29) is 6.61 Å². The van der Waals surface area contributed by atoms with E-state index in [1.54, 1.807) is 12.1 Å². The van der Waals surface area contributed by atoms with Gasteiger partial charge in [0.05, 0.1) is 11.1 Å². The normalized spacial score (nSPS) is 11.7. The number of carbonyl (C=O) groups excluding carboxylic acids is 2. The number of fused-ring (bicyclic) bond motifs is 2. The minimum Gasteiger partial charge on any atom is -0.458 e. The molecule has 0 aliphatic heterocycles. The number of ether oxygens (including phenoxy) is 2. The molecule has 4 aromatic rings. The second kappa shape index (κ2) is 8.62. The van der Waals surface area contributed by atoms with Gasteiger partial charge >= 0.3 is 11.9 Å². The van der Waals surface area contributed by atoms with E-state index < -0.39 is 18.0 Å². The zero-order chi connectivity index (χ0) is 20.9. The third kappa shape index (κ3) is 3.94. The number of esters is 2. The predicted octanol–water partition coefficient (Wildman–Crippen LogP) is 5.56. The molecule has 1 atom stereocenters. The summed E-state index contributed by atoms with van der Waals surface area (Å²) < 4.78 is 11.0. The maximum Gasteiger partial charge on any atom is 0.339 e. The highest BCUT2D eigenvalue weighted by molar-refractivity contribution is 6.05. The molecule has 4 aromatic carbocycles. The lowest BCUT2D eigenvalue weighted by molar-refractivity contribution is 0.0116. The van der Waals surface area contributed by atoms with E-state index in [1.165, 1.54) is 6.08 Å². The van der Waals surface area contributed by atoms with Crippen molar-refractivity contribution in [2.45, 2.75) is 6.10 Å². The van der Waals surface area contributed by atoms with Crippen LogP contribution in [-0.4, -0.2) is 24.6 Å². The van der Waals surface area contributed by atoms with Gasteiger partial charge in [0.15, 0.2) is 6.10 Å². The molecule has 0 aliphatic rings. The molecule has 0 aliphatic carbocycles. The second-order valence-corrected chi connectivity index (χ2v) is 6.83. The van der Waals surface area contributed by atoms with Gasteiger partial charge in [-0.25, -0.2) is 9.59 Å². The van der Waals surface area contributed by atoms with Crippen molar-refractivity contribution in [2.24, 2.45) is 0 Å². The molecule has 148 valence electrons. The highest BCUT2D eigenvalue weighted by Gasteiger charge is 2.18. The molecule has 4 nitrogen and oxygen atoms in total. The minimum atomic E-state index is -0.754. The molecule has 0 heterocycles. The van der Waals surface area contributed by atoms with E-state index in [1.807, 2.05) is 72.8 Å². The van der Waals surface area contributed by atoms with Gasteiger partial charge in [-0.05, 0) is 39.8 Å². The van der Waals surface area contributed by atoms with Gasteiger partial charge in [-0.3, -0.25) is 0 Å². The Morgan fingerprint density at radius 1 is 0.733 bits per heavy atom. The quantitative estimate of drug-likeness (QED) is 0.316. The Kier molecular flexibility index (Phi) is 5.57. The summed E-state index contributed by atoms with van der Waals surface area (Å²) in [5, 5.41) is 3.52. The van der Waals surface area contributed by atoms with Crippen molar-refractivity contribution < 1.29 is 19.1 Å². The molecular weight excluding hydrogens is 376 g/mol. The molecule has 30 heavy (non-hydrogen) atoms. The van der Waals surface area contributed by atoms with Crippen LogP contribution in [0.1, 0.15) is 20.7 Å². The number of benzene rings is 4. The summed E-state index contributed by atoms with van der Waals surface area (Å²) in [6.07, 6.45) is 0.703. The molecule has 0 radical (unpaired) electrons. The zero-order valence-electron chi connectivity index (χ0n) is 16.3. The molecule has 0 aromatic heterocycles. The smallest absolute Gasteiger partial charge is 0.339 e. The third-order valence-corrected chi connectivity index (χ3v) is 4.92. The van der Waals surface area contributed by atoms with E-state index in [2.05, 4.69) is 6.58 Å². The van der Waals surface area contributed by atoms with Crippen molar-refractivity contribution in [1.29, 1.82) is 0 Å². The first kappa shape index (κ1) is 19.4. The number of rotatable bonds is 6. The first-order valence-electron chi connectivity index (χ1n) is 9.63. The van der Waals surface area contributed by atoms with Crippen molar-refractivity contribution in [1.82, 2.24) is 0 Å². The molecule has 0 saturated carbocycles. The van der Waals surface area contributed by atoms with Crippen molar-refractivity contribution in [3.8, 4) is 0 Å². The molecule has 0 saturated heterocycles. The number of hydrogen-bond donors (Lipinski definition) is 0. The molecule has 4 heteroatoms. The minimum absolute atomic E-state index is 0.109. The van der Waals surface area contributed by atoms with Gasteiger partial charge in [0.1, 0.15) is 6.61 Å². The molecule has 0 fully saturated rings. The van der Waals surface area contributed by atoms with Crippen LogP contribution in [0.3, 0.4) is 0 Å². The maximum atomic E-state index is 12.7. The van der Waals surface area contributed by atoms with Crippen molar-refractivity contribution in [3.63, 3.8) is 0 Å². The lowest BCUT2D eigenvalue weighted by Crippen LogP contribution is -2.23. The Balaban J connectivity index is 1.46. The van der Waals surface area contributed by atoms with Crippen LogP contribution in [0.25, 0.3) is 21.5 Å². The average molecular weight is 396 g/mol. The van der Waals surface area contributed by atoms with E-state index in [0.717, 1.165) is 21.5 Å². The van der Waals surface area contributed by atoms with Crippen LogP contribution in [0.5, 0.6) is 0 Å². The largest absolute Gasteiger partial charge is 0.458 e. The first-order valence-corrected chi connectivity index (χ1v) is 9.63. The van der Waals surface area contributed by atoms with Crippen LogP contribution < -0.4 is 0 Å². The van der Waals surface area contributed by atoms with Gasteiger partial charge in [-0.15, -0.1) is 0 Å². The molecule has 0 bridgehead atoms. The fourth-order valence-corrected chi connectivity index (χ4v) is 3.39. The van der Waals surface area contributed by atoms with Crippen LogP contribution in [-0.2, 0) is 9.47 Å². The van der Waals surface area contributed by atoms with E-state index >= 15 is 0 Å². The van der Waals surface area contributed by atoms with Gasteiger partial charge in [-0.1, -0.05) is 79.4 Å². The molecule has 1 unspecified atom stereocenters. The molecule has 0 amide bonds. The monoisotopic (exact) mass is 396 g/mol.